The van der Waals surface area contributed by atoms with Crippen molar-refractivity contribution in [3.63, 3.8) is 0 Å². The maximum atomic E-state index is 13.9. The summed E-state index contributed by atoms with van der Waals surface area (Å²) in [5.41, 5.74) is 4.91. The number of carbonyl (C=O) groups excluding carboxylic acids is 2. The smallest absolute Gasteiger partial charge is 0.294 e. The summed E-state index contributed by atoms with van der Waals surface area (Å²) in [7, 11) is 3.20. The number of likely N-dealkylation sites (N-methyl/N-ethyl adjacent to an activating group) is 1. The van der Waals surface area contributed by atoms with Gasteiger partial charge in [0.15, 0.2) is 5.82 Å². The number of nitrogens with zero attached hydrogens (tertiary/aromatic N) is 4. The fourth-order valence-electron chi connectivity index (χ4n) is 5.05. The van der Waals surface area contributed by atoms with Crippen LogP contribution in [0.15, 0.2) is 72.0 Å². The average Bonchev–Trinajstić information content (AvgIpc) is 3.34. The van der Waals surface area contributed by atoms with Crippen LogP contribution in [0.4, 0.5) is 10.2 Å². The van der Waals surface area contributed by atoms with Gasteiger partial charge >= 0.3 is 0 Å². The second-order valence-corrected chi connectivity index (χ2v) is 10.3. The van der Waals surface area contributed by atoms with Crippen molar-refractivity contribution in [2.75, 3.05) is 19.4 Å². The first-order valence-corrected chi connectivity index (χ1v) is 13.7. The highest BCUT2D eigenvalue weighted by molar-refractivity contribution is 5.97. The lowest BCUT2D eigenvalue weighted by Gasteiger charge is -2.18. The molecule has 0 aliphatic rings. The number of benzene rings is 2. The number of halogens is 1. The lowest BCUT2D eigenvalue weighted by atomic mass is 9.99. The van der Waals surface area contributed by atoms with Crippen LogP contribution in [0.25, 0.3) is 27.8 Å². The Kier molecular flexibility index (Phi) is 8.18. The largest absolute Gasteiger partial charge is 0.355 e. The summed E-state index contributed by atoms with van der Waals surface area (Å²) in [6.07, 6.45) is 6.79. The summed E-state index contributed by atoms with van der Waals surface area (Å²) >= 11 is 0. The molecule has 1 unspecified atom stereocenters. The molecule has 3 aromatic heterocycles. The zero-order valence-electron chi connectivity index (χ0n) is 24.5. The molecule has 11 heteroatoms. The van der Waals surface area contributed by atoms with Crippen LogP contribution in [-0.4, -0.2) is 51.1 Å². The van der Waals surface area contributed by atoms with Gasteiger partial charge in [0.05, 0.1) is 41.9 Å². The molecule has 1 atom stereocenters. The maximum Gasteiger partial charge on any atom is 0.294 e. The van der Waals surface area contributed by atoms with Gasteiger partial charge in [-0.2, -0.15) is 0 Å². The van der Waals surface area contributed by atoms with E-state index in [0.717, 1.165) is 22.2 Å². The van der Waals surface area contributed by atoms with E-state index in [0.29, 0.717) is 27.9 Å². The Morgan fingerprint density at radius 3 is 2.58 bits per heavy atom. The van der Waals surface area contributed by atoms with E-state index in [4.69, 9.17) is 0 Å². The molecule has 0 aliphatic carbocycles. The van der Waals surface area contributed by atoms with Gasteiger partial charge in [-0.3, -0.25) is 23.9 Å². The van der Waals surface area contributed by atoms with Gasteiger partial charge in [0.25, 0.3) is 11.5 Å². The number of rotatable bonds is 8. The molecule has 0 spiro atoms. The summed E-state index contributed by atoms with van der Waals surface area (Å²) in [6.45, 7) is 5.49. The Bertz CT molecular complexity index is 1930. The number of nitrogens with one attached hydrogen (secondary N) is 3. The second-order valence-electron chi connectivity index (χ2n) is 10.3. The molecule has 3 N–H and O–H groups in total. The van der Waals surface area contributed by atoms with Gasteiger partial charge in [0, 0.05) is 36.0 Å². The third-order valence-corrected chi connectivity index (χ3v) is 7.57. The third-order valence-electron chi connectivity index (χ3n) is 7.57. The van der Waals surface area contributed by atoms with E-state index in [1.54, 1.807) is 51.6 Å². The average molecular weight is 582 g/mol. The summed E-state index contributed by atoms with van der Waals surface area (Å²) in [6, 6.07) is 11.3. The Balaban J connectivity index is 1.63. The molecule has 10 nitrogen and oxygen atoms in total. The van der Waals surface area contributed by atoms with E-state index in [1.165, 1.54) is 22.9 Å². The molecule has 0 radical (unpaired) electrons. The van der Waals surface area contributed by atoms with E-state index in [1.807, 2.05) is 36.7 Å². The molecule has 43 heavy (non-hydrogen) atoms. The predicted molar refractivity (Wildman–Crippen MR) is 164 cm³/mol. The number of aryl methyl sites for hydroxylation is 1. The van der Waals surface area contributed by atoms with Crippen molar-refractivity contribution in [1.82, 2.24) is 29.7 Å². The Hall–Kier alpha value is -5.16. The van der Waals surface area contributed by atoms with Crippen LogP contribution in [0.1, 0.15) is 34.0 Å². The molecule has 5 rings (SSSR count). The molecule has 0 aliphatic heterocycles. The van der Waals surface area contributed by atoms with Gasteiger partial charge in [-0.1, -0.05) is 12.1 Å². The topological polar surface area (TPSA) is 123 Å². The highest BCUT2D eigenvalue weighted by atomic mass is 19.1. The molecule has 220 valence electrons. The number of hydrogen-bond donors (Lipinski definition) is 3. The van der Waals surface area contributed by atoms with Crippen molar-refractivity contribution in [2.45, 2.75) is 33.4 Å². The molecule has 0 bridgehead atoms. The molecule has 0 fully saturated rings. The van der Waals surface area contributed by atoms with Gasteiger partial charge in [0.1, 0.15) is 5.82 Å². The number of anilines is 1. The first kappa shape index (κ1) is 29.3. The zero-order valence-corrected chi connectivity index (χ0v) is 24.5. The minimum absolute atomic E-state index is 0.0957. The van der Waals surface area contributed by atoms with E-state index >= 15 is 0 Å². The van der Waals surface area contributed by atoms with E-state index in [9.17, 15) is 18.8 Å². The number of pyridine rings is 1. The predicted octanol–water partition coefficient (Wildman–Crippen LogP) is 3.96. The molecule has 2 aromatic carbocycles. The molecule has 0 saturated carbocycles. The van der Waals surface area contributed by atoms with Gasteiger partial charge in [0.2, 0.25) is 5.91 Å². The molecule has 0 saturated heterocycles. The van der Waals surface area contributed by atoms with Crippen molar-refractivity contribution < 1.29 is 14.0 Å². The SMILES string of the molecule is CNC(=O)c1cccc(-c2cnc(NC(=O)C(C)NC)c(=O)n2Cc2cncc(-n3cc(C)c4cc(F)ccc43)c2)c1C. The fourth-order valence-corrected chi connectivity index (χ4v) is 5.05. The van der Waals surface area contributed by atoms with Gasteiger partial charge in [-0.05, 0) is 74.8 Å². The summed E-state index contributed by atoms with van der Waals surface area (Å²) in [4.78, 5) is 47.8. The Morgan fingerprint density at radius 1 is 1.05 bits per heavy atom. The molecule has 2 amide bonds. The summed E-state index contributed by atoms with van der Waals surface area (Å²) in [5.74, 6) is -1.09. The van der Waals surface area contributed by atoms with Crippen LogP contribution in [0, 0.1) is 19.7 Å². The molecule has 5 aromatic rings. The van der Waals surface area contributed by atoms with Crippen LogP contribution in [0.5, 0.6) is 0 Å². The molecular formula is C32H32FN7O3. The van der Waals surface area contributed by atoms with Crippen LogP contribution < -0.4 is 21.5 Å². The normalized spacial score (nSPS) is 11.9. The van der Waals surface area contributed by atoms with Gasteiger partial charge in [-0.15, -0.1) is 0 Å². The number of hydrogen-bond acceptors (Lipinski definition) is 6. The van der Waals surface area contributed by atoms with Crippen molar-refractivity contribution in [3.05, 3.63) is 106 Å². The van der Waals surface area contributed by atoms with Crippen molar-refractivity contribution in [1.29, 1.82) is 0 Å². The Morgan fingerprint density at radius 2 is 1.84 bits per heavy atom. The summed E-state index contributed by atoms with van der Waals surface area (Å²) in [5, 5.41) is 8.91. The van der Waals surface area contributed by atoms with E-state index in [2.05, 4.69) is 25.9 Å². The minimum Gasteiger partial charge on any atom is -0.355 e. The standard InChI is InChI=1S/C32H32FN7O3/c1-18-16-39(27-10-9-22(33)12-26(18)27)23-11-21(13-36-14-23)17-40-28(24-7-6-8-25(19(24)2)31(42)35-5)15-37-29(32(40)43)38-30(41)20(3)34-4/h6-16,20,34H,17H2,1-5H3,(H,35,42)(H,37,38,41). The van der Waals surface area contributed by atoms with Crippen LogP contribution in [0.2, 0.25) is 0 Å². The number of carbonyl (C=O) groups is 2. The Labute approximate surface area is 247 Å². The number of aromatic nitrogens is 4. The third kappa shape index (κ3) is 5.67. The van der Waals surface area contributed by atoms with E-state index < -0.39 is 17.5 Å². The van der Waals surface area contributed by atoms with Gasteiger partial charge in [-0.25, -0.2) is 9.37 Å². The van der Waals surface area contributed by atoms with Gasteiger partial charge < -0.3 is 20.5 Å². The first-order chi connectivity index (χ1) is 20.6. The second kappa shape index (κ2) is 12.0. The highest BCUT2D eigenvalue weighted by Crippen LogP contribution is 2.28. The molecule has 3 heterocycles. The quantitative estimate of drug-likeness (QED) is 0.255. The zero-order chi connectivity index (χ0) is 30.8. The minimum atomic E-state index is -0.546. The van der Waals surface area contributed by atoms with Crippen LogP contribution in [0.3, 0.4) is 0 Å². The van der Waals surface area contributed by atoms with Crippen LogP contribution >= 0.6 is 0 Å². The fraction of sp³-hybridized carbons (Fsp3) is 0.219. The van der Waals surface area contributed by atoms with Crippen molar-refractivity contribution in [2.24, 2.45) is 0 Å². The lowest BCUT2D eigenvalue weighted by Crippen LogP contribution is -2.38. The maximum absolute atomic E-state index is 13.9. The van der Waals surface area contributed by atoms with Crippen molar-refractivity contribution >= 4 is 28.5 Å². The number of amides is 2. The van der Waals surface area contributed by atoms with E-state index in [-0.39, 0.29) is 24.1 Å². The lowest BCUT2D eigenvalue weighted by molar-refractivity contribution is -0.117. The van der Waals surface area contributed by atoms with Crippen molar-refractivity contribution in [3.8, 4) is 16.9 Å². The molecular weight excluding hydrogens is 549 g/mol. The first-order valence-electron chi connectivity index (χ1n) is 13.7. The van der Waals surface area contributed by atoms with Crippen LogP contribution in [-0.2, 0) is 11.3 Å². The highest BCUT2D eigenvalue weighted by Gasteiger charge is 2.20. The number of fused-ring (bicyclic) bond motifs is 1. The summed E-state index contributed by atoms with van der Waals surface area (Å²) < 4.78 is 17.4. The monoisotopic (exact) mass is 581 g/mol.